The smallest absolute Gasteiger partial charge is 0.291 e. The Kier molecular flexibility index (Phi) is 8.31. The molecule has 3 N–H and O–H groups in total. The van der Waals surface area contributed by atoms with E-state index in [0.717, 1.165) is 29.0 Å². The van der Waals surface area contributed by atoms with Crippen molar-refractivity contribution in [1.82, 2.24) is 10.6 Å². The summed E-state index contributed by atoms with van der Waals surface area (Å²) in [4.78, 5) is 16.9. The summed E-state index contributed by atoms with van der Waals surface area (Å²) in [6.07, 6.45) is 1.48. The molecular formula is C25H30N4O3. The largest absolute Gasteiger partial charge is 0.494 e. The molecule has 0 aliphatic carbocycles. The number of nitrogens with one attached hydrogen (secondary N) is 3. The first-order valence-corrected chi connectivity index (χ1v) is 10.8. The normalized spacial score (nSPS) is 11.2. The quantitative estimate of drug-likeness (QED) is 0.341. The molecule has 1 amide bonds. The molecule has 1 heterocycles. The summed E-state index contributed by atoms with van der Waals surface area (Å²) in [6, 6.07) is 17.1. The monoisotopic (exact) mass is 434 g/mol. The summed E-state index contributed by atoms with van der Waals surface area (Å²) in [5.74, 6) is 1.58. The Balaban J connectivity index is 1.64. The van der Waals surface area contributed by atoms with Gasteiger partial charge in [0.05, 0.1) is 19.4 Å². The number of furan rings is 1. The fourth-order valence-corrected chi connectivity index (χ4v) is 3.14. The van der Waals surface area contributed by atoms with Crippen molar-refractivity contribution in [3.63, 3.8) is 0 Å². The number of aliphatic imine (C=N–C) groups is 1. The van der Waals surface area contributed by atoms with E-state index in [-0.39, 0.29) is 11.7 Å². The molecule has 0 unspecified atom stereocenters. The second-order valence-electron chi connectivity index (χ2n) is 7.22. The number of ether oxygens (including phenoxy) is 1. The number of nitrogens with zero attached hydrogens (tertiary/aromatic N) is 1. The van der Waals surface area contributed by atoms with Gasteiger partial charge in [0.1, 0.15) is 5.75 Å². The highest BCUT2D eigenvalue weighted by molar-refractivity contribution is 6.02. The van der Waals surface area contributed by atoms with Crippen LogP contribution in [0.4, 0.5) is 5.69 Å². The van der Waals surface area contributed by atoms with Gasteiger partial charge >= 0.3 is 0 Å². The fraction of sp³-hybridized carbons (Fsp3) is 0.280. The third kappa shape index (κ3) is 6.63. The second-order valence-corrected chi connectivity index (χ2v) is 7.22. The minimum Gasteiger partial charge on any atom is -0.494 e. The zero-order valence-corrected chi connectivity index (χ0v) is 18.8. The highest BCUT2D eigenvalue weighted by Crippen LogP contribution is 2.20. The fourth-order valence-electron chi connectivity index (χ4n) is 3.14. The number of rotatable bonds is 9. The number of hydrogen-bond acceptors (Lipinski definition) is 4. The van der Waals surface area contributed by atoms with E-state index in [1.165, 1.54) is 6.26 Å². The molecule has 32 heavy (non-hydrogen) atoms. The molecule has 7 nitrogen and oxygen atoms in total. The average molecular weight is 435 g/mol. The van der Waals surface area contributed by atoms with Gasteiger partial charge in [0, 0.05) is 24.3 Å². The number of guanidine groups is 1. The van der Waals surface area contributed by atoms with Gasteiger partial charge in [-0.2, -0.15) is 0 Å². The highest BCUT2D eigenvalue weighted by atomic mass is 16.5. The van der Waals surface area contributed by atoms with Crippen LogP contribution in [0.25, 0.3) is 0 Å². The Morgan fingerprint density at radius 1 is 1.06 bits per heavy atom. The number of amides is 1. The second kappa shape index (κ2) is 11.6. The number of carbonyl (C=O) groups is 1. The number of hydrogen-bond donors (Lipinski definition) is 3. The lowest BCUT2D eigenvalue weighted by Crippen LogP contribution is -2.36. The minimum absolute atomic E-state index is 0.273. The molecule has 168 valence electrons. The molecular weight excluding hydrogens is 404 g/mol. The lowest BCUT2D eigenvalue weighted by molar-refractivity contribution is 0.0996. The van der Waals surface area contributed by atoms with Crippen molar-refractivity contribution in [3.8, 4) is 5.75 Å². The number of benzene rings is 2. The molecule has 0 aliphatic rings. The molecule has 7 heteroatoms. The molecule has 0 saturated heterocycles. The maximum Gasteiger partial charge on any atom is 0.291 e. The molecule has 0 radical (unpaired) electrons. The van der Waals surface area contributed by atoms with E-state index < -0.39 is 0 Å². The van der Waals surface area contributed by atoms with Gasteiger partial charge in [-0.1, -0.05) is 24.3 Å². The molecule has 2 aromatic carbocycles. The lowest BCUT2D eigenvalue weighted by atomic mass is 10.1. The predicted molar refractivity (Wildman–Crippen MR) is 127 cm³/mol. The third-order valence-corrected chi connectivity index (χ3v) is 4.66. The summed E-state index contributed by atoms with van der Waals surface area (Å²) in [7, 11) is 0. The van der Waals surface area contributed by atoms with E-state index in [9.17, 15) is 4.79 Å². The maximum atomic E-state index is 12.2. The molecule has 0 bridgehead atoms. The Morgan fingerprint density at radius 3 is 2.69 bits per heavy atom. The Bertz CT molecular complexity index is 1050. The maximum absolute atomic E-state index is 12.2. The summed E-state index contributed by atoms with van der Waals surface area (Å²) >= 11 is 0. The number of carbonyl (C=O) groups excluding carboxylic acids is 1. The summed E-state index contributed by atoms with van der Waals surface area (Å²) < 4.78 is 10.9. The topological polar surface area (TPSA) is 87.9 Å². The zero-order valence-electron chi connectivity index (χ0n) is 18.8. The van der Waals surface area contributed by atoms with Crippen molar-refractivity contribution in [3.05, 3.63) is 83.3 Å². The molecule has 0 spiro atoms. The lowest BCUT2D eigenvalue weighted by Gasteiger charge is -2.15. The first-order valence-electron chi connectivity index (χ1n) is 10.8. The van der Waals surface area contributed by atoms with Gasteiger partial charge in [0.2, 0.25) is 0 Å². The van der Waals surface area contributed by atoms with Crippen LogP contribution in [0.1, 0.15) is 41.1 Å². The minimum atomic E-state index is -0.283. The average Bonchev–Trinajstić information content (AvgIpc) is 3.32. The van der Waals surface area contributed by atoms with Gasteiger partial charge < -0.3 is 25.1 Å². The van der Waals surface area contributed by atoms with Gasteiger partial charge in [-0.05, 0) is 62.2 Å². The first-order chi connectivity index (χ1) is 15.6. The van der Waals surface area contributed by atoms with Crippen molar-refractivity contribution in [2.45, 2.75) is 33.9 Å². The predicted octanol–water partition coefficient (Wildman–Crippen LogP) is 4.49. The van der Waals surface area contributed by atoms with Gasteiger partial charge in [-0.15, -0.1) is 0 Å². The number of anilines is 1. The van der Waals surface area contributed by atoms with Crippen molar-refractivity contribution < 1.29 is 13.9 Å². The van der Waals surface area contributed by atoms with E-state index in [0.29, 0.717) is 31.3 Å². The van der Waals surface area contributed by atoms with Crippen molar-refractivity contribution in [2.75, 3.05) is 18.5 Å². The molecule has 1 aromatic heterocycles. The van der Waals surface area contributed by atoms with E-state index in [4.69, 9.17) is 9.15 Å². The van der Waals surface area contributed by atoms with Crippen LogP contribution >= 0.6 is 0 Å². The van der Waals surface area contributed by atoms with Crippen LogP contribution < -0.4 is 20.7 Å². The first kappa shape index (κ1) is 22.9. The van der Waals surface area contributed by atoms with Crippen LogP contribution in [0.15, 0.2) is 70.3 Å². The molecule has 0 aliphatic heterocycles. The molecule has 3 rings (SSSR count). The van der Waals surface area contributed by atoms with Gasteiger partial charge in [-0.25, -0.2) is 4.99 Å². The Labute approximate surface area is 188 Å². The van der Waals surface area contributed by atoms with Crippen LogP contribution in [0.2, 0.25) is 0 Å². The standard InChI is InChI=1S/C25H30N4O3/c1-4-26-25(28-17-20-12-11-18(3)14-23(20)31-5-2)27-16-19-8-6-9-21(15-19)29-24(30)22-10-7-13-32-22/h6-15H,4-5,16-17H2,1-3H3,(H,29,30)(H2,26,27,28). The Morgan fingerprint density at radius 2 is 1.94 bits per heavy atom. The summed E-state index contributed by atoms with van der Waals surface area (Å²) in [6.45, 7) is 8.49. The third-order valence-electron chi connectivity index (χ3n) is 4.66. The van der Waals surface area contributed by atoms with E-state index in [1.807, 2.05) is 44.2 Å². The molecule has 0 saturated carbocycles. The molecule has 0 fully saturated rings. The van der Waals surface area contributed by atoms with Crippen LogP contribution in [-0.4, -0.2) is 25.0 Å². The molecule has 3 aromatic rings. The molecule has 0 atom stereocenters. The van der Waals surface area contributed by atoms with Crippen LogP contribution in [0, 0.1) is 6.92 Å². The van der Waals surface area contributed by atoms with Gasteiger partial charge in [0.25, 0.3) is 5.91 Å². The van der Waals surface area contributed by atoms with Crippen molar-refractivity contribution in [2.24, 2.45) is 4.99 Å². The summed E-state index contributed by atoms with van der Waals surface area (Å²) in [5, 5.41) is 9.48. The van der Waals surface area contributed by atoms with Crippen LogP contribution in [-0.2, 0) is 13.1 Å². The van der Waals surface area contributed by atoms with Crippen LogP contribution in [0.3, 0.4) is 0 Å². The zero-order chi connectivity index (χ0) is 22.8. The van der Waals surface area contributed by atoms with Crippen molar-refractivity contribution >= 4 is 17.6 Å². The van der Waals surface area contributed by atoms with E-state index >= 15 is 0 Å². The van der Waals surface area contributed by atoms with Crippen LogP contribution in [0.5, 0.6) is 5.75 Å². The van der Waals surface area contributed by atoms with Crippen molar-refractivity contribution in [1.29, 1.82) is 0 Å². The number of aryl methyl sites for hydroxylation is 1. The SMILES string of the molecule is CCNC(=NCc1cccc(NC(=O)c2ccco2)c1)NCc1ccc(C)cc1OCC. The van der Waals surface area contributed by atoms with Gasteiger partial charge in [-0.3, -0.25) is 4.79 Å². The highest BCUT2D eigenvalue weighted by Gasteiger charge is 2.09. The Hall–Kier alpha value is -3.74. The summed E-state index contributed by atoms with van der Waals surface area (Å²) in [5.41, 5.74) is 3.91. The van der Waals surface area contributed by atoms with E-state index in [1.54, 1.807) is 12.1 Å². The van der Waals surface area contributed by atoms with Gasteiger partial charge in [0.15, 0.2) is 11.7 Å². The van der Waals surface area contributed by atoms with E-state index in [2.05, 4.69) is 40.0 Å².